The van der Waals surface area contributed by atoms with Gasteiger partial charge in [-0.15, -0.1) is 0 Å². The lowest BCUT2D eigenvalue weighted by molar-refractivity contribution is 0.0998. The molecule has 0 saturated heterocycles. The molecule has 0 unspecified atom stereocenters. The predicted octanol–water partition coefficient (Wildman–Crippen LogP) is 2.73. The van der Waals surface area contributed by atoms with Gasteiger partial charge in [-0.25, -0.2) is 0 Å². The second kappa shape index (κ2) is 2.79. The van der Waals surface area contributed by atoms with Crippen LogP contribution in [0, 0.1) is 0 Å². The van der Waals surface area contributed by atoms with Gasteiger partial charge < -0.3 is 0 Å². The van der Waals surface area contributed by atoms with Gasteiger partial charge in [0.05, 0.1) is 5.69 Å². The second-order valence-electron chi connectivity index (χ2n) is 2.48. The lowest BCUT2D eigenvalue weighted by Crippen LogP contribution is -2.06. The van der Waals surface area contributed by atoms with Crippen molar-refractivity contribution in [2.45, 2.75) is 0 Å². The third-order valence-corrected chi connectivity index (χ3v) is 2.15. The zero-order chi connectivity index (χ0) is 8.55. The molecule has 4 heteroatoms. The molecule has 2 rings (SSSR count). The van der Waals surface area contributed by atoms with Crippen LogP contribution in [0.4, 0.5) is 5.69 Å². The number of nitrogens with zero attached hydrogens (tertiary/aromatic N) is 2. The molecule has 1 aliphatic rings. The molecule has 3 nitrogen and oxygen atoms in total. The van der Waals surface area contributed by atoms with Gasteiger partial charge in [0.25, 0.3) is 0 Å². The smallest absolute Gasteiger partial charge is 0.188 e. The Morgan fingerprint density at radius 1 is 1.42 bits per heavy atom. The highest BCUT2D eigenvalue weighted by Gasteiger charge is 2.14. The molecule has 0 radical (unpaired) electrons. The molecule has 0 N–H and O–H groups in total. The normalized spacial score (nSPS) is 14.6. The zero-order valence-corrected chi connectivity index (χ0v) is 7.71. The minimum absolute atomic E-state index is 0.0290. The molecule has 60 valence electrons. The molecule has 12 heavy (non-hydrogen) atoms. The van der Waals surface area contributed by atoms with E-state index in [9.17, 15) is 4.79 Å². The molecule has 0 bridgehead atoms. The Kier molecular flexibility index (Phi) is 1.77. The number of rotatable bonds is 0. The zero-order valence-electron chi connectivity index (χ0n) is 6.12. The molecule has 1 aromatic rings. The Bertz CT molecular complexity index is 373. The van der Waals surface area contributed by atoms with Crippen molar-refractivity contribution in [1.82, 2.24) is 0 Å². The van der Waals surface area contributed by atoms with E-state index in [1.807, 2.05) is 6.07 Å². The maximum Gasteiger partial charge on any atom is 0.188 e. The third-order valence-electron chi connectivity index (χ3n) is 1.65. The van der Waals surface area contributed by atoms with Crippen molar-refractivity contribution in [3.63, 3.8) is 0 Å². The molecule has 1 heterocycles. The van der Waals surface area contributed by atoms with E-state index in [1.165, 1.54) is 0 Å². The van der Waals surface area contributed by atoms with Crippen LogP contribution in [0.3, 0.4) is 0 Å². The Morgan fingerprint density at radius 3 is 3.08 bits per heavy atom. The molecule has 0 atom stereocenters. The fourth-order valence-corrected chi connectivity index (χ4v) is 1.44. The van der Waals surface area contributed by atoms with Crippen LogP contribution in [0.25, 0.3) is 0 Å². The molecule has 0 saturated carbocycles. The summed E-state index contributed by atoms with van der Waals surface area (Å²) < 4.78 is 0.895. The van der Waals surface area contributed by atoms with Crippen LogP contribution in [-0.2, 0) is 0 Å². The minimum Gasteiger partial charge on any atom is -0.292 e. The molecule has 0 aliphatic carbocycles. The van der Waals surface area contributed by atoms with Gasteiger partial charge >= 0.3 is 0 Å². The number of hydrogen-bond acceptors (Lipinski definition) is 3. The number of azo groups is 1. The molecular weight excluding hydrogens is 220 g/mol. The number of carbonyl (C=O) groups is 1. The maximum absolute atomic E-state index is 11.3. The maximum atomic E-state index is 11.3. The summed E-state index contributed by atoms with van der Waals surface area (Å²) in [6, 6.07) is 5.40. The molecule has 0 aromatic heterocycles. The molecule has 0 spiro atoms. The first-order valence-electron chi connectivity index (χ1n) is 3.47. The van der Waals surface area contributed by atoms with Crippen LogP contribution < -0.4 is 0 Å². The Hall–Kier alpha value is -1.03. The first kappa shape index (κ1) is 7.61. The van der Waals surface area contributed by atoms with Crippen molar-refractivity contribution in [3.05, 3.63) is 28.2 Å². The fraction of sp³-hybridized carbons (Fsp3) is 0.125. The first-order chi connectivity index (χ1) is 5.77. The lowest BCUT2D eigenvalue weighted by atomic mass is 10.1. The van der Waals surface area contributed by atoms with Crippen LogP contribution in [0.2, 0.25) is 0 Å². The van der Waals surface area contributed by atoms with E-state index in [0.717, 1.165) is 4.47 Å². The SMILES string of the molecule is O=C1CN=Nc2ccc(Br)cc21. The van der Waals surface area contributed by atoms with E-state index in [1.54, 1.807) is 12.1 Å². The van der Waals surface area contributed by atoms with Crippen LogP contribution in [0.1, 0.15) is 10.4 Å². The van der Waals surface area contributed by atoms with Gasteiger partial charge in [0.2, 0.25) is 0 Å². The number of hydrogen-bond donors (Lipinski definition) is 0. The summed E-state index contributed by atoms with van der Waals surface area (Å²) in [7, 11) is 0. The number of fused-ring (bicyclic) bond motifs is 1. The average Bonchev–Trinajstić information content (AvgIpc) is 2.07. The van der Waals surface area contributed by atoms with Crippen LogP contribution in [0.15, 0.2) is 32.9 Å². The summed E-state index contributed by atoms with van der Waals surface area (Å²) in [6.07, 6.45) is 0. The summed E-state index contributed by atoms with van der Waals surface area (Å²) in [4.78, 5) is 11.3. The predicted molar refractivity (Wildman–Crippen MR) is 47.9 cm³/mol. The van der Waals surface area contributed by atoms with Crippen LogP contribution in [-0.4, -0.2) is 12.3 Å². The number of benzene rings is 1. The largest absolute Gasteiger partial charge is 0.292 e. The van der Waals surface area contributed by atoms with Gasteiger partial charge in [-0.05, 0) is 18.2 Å². The van der Waals surface area contributed by atoms with Crippen molar-refractivity contribution >= 4 is 27.4 Å². The summed E-state index contributed by atoms with van der Waals surface area (Å²) in [5, 5.41) is 7.56. The highest BCUT2D eigenvalue weighted by Crippen LogP contribution is 2.26. The van der Waals surface area contributed by atoms with E-state index >= 15 is 0 Å². The Balaban J connectivity index is 2.63. The number of carbonyl (C=O) groups excluding carboxylic acids is 1. The molecule has 1 aromatic carbocycles. The first-order valence-corrected chi connectivity index (χ1v) is 4.27. The number of halogens is 1. The van der Waals surface area contributed by atoms with Crippen molar-refractivity contribution in [2.75, 3.05) is 6.54 Å². The average molecular weight is 225 g/mol. The van der Waals surface area contributed by atoms with Gasteiger partial charge in [0.1, 0.15) is 6.54 Å². The van der Waals surface area contributed by atoms with Gasteiger partial charge in [-0.3, -0.25) is 4.79 Å². The topological polar surface area (TPSA) is 41.8 Å². The quantitative estimate of drug-likeness (QED) is 0.669. The van der Waals surface area contributed by atoms with Gasteiger partial charge in [0, 0.05) is 10.0 Å². The van der Waals surface area contributed by atoms with Crippen molar-refractivity contribution in [1.29, 1.82) is 0 Å². The highest BCUT2D eigenvalue weighted by atomic mass is 79.9. The summed E-state index contributed by atoms with van der Waals surface area (Å²) >= 11 is 3.29. The van der Waals surface area contributed by atoms with E-state index in [-0.39, 0.29) is 12.3 Å². The standard InChI is InChI=1S/C8H5BrN2O/c9-5-1-2-7-6(3-5)8(12)4-10-11-7/h1-3H,4H2. The van der Waals surface area contributed by atoms with Crippen molar-refractivity contribution in [2.24, 2.45) is 10.2 Å². The molecular formula is C8H5BrN2O. The Morgan fingerprint density at radius 2 is 2.25 bits per heavy atom. The number of ketones is 1. The van der Waals surface area contributed by atoms with E-state index in [0.29, 0.717) is 11.3 Å². The van der Waals surface area contributed by atoms with E-state index in [4.69, 9.17) is 0 Å². The van der Waals surface area contributed by atoms with Gasteiger partial charge in [-0.1, -0.05) is 15.9 Å². The van der Waals surface area contributed by atoms with Crippen molar-refractivity contribution < 1.29 is 4.79 Å². The van der Waals surface area contributed by atoms with Crippen LogP contribution >= 0.6 is 15.9 Å². The minimum atomic E-state index is 0.0290. The van der Waals surface area contributed by atoms with Gasteiger partial charge in [0.15, 0.2) is 5.78 Å². The Labute approximate surface area is 77.6 Å². The monoisotopic (exact) mass is 224 g/mol. The number of Topliss-reactive ketones (excluding diaryl/α,β-unsaturated/α-hetero) is 1. The van der Waals surface area contributed by atoms with Crippen LogP contribution in [0.5, 0.6) is 0 Å². The van der Waals surface area contributed by atoms with Gasteiger partial charge in [-0.2, -0.15) is 10.2 Å². The molecule has 0 fully saturated rings. The van der Waals surface area contributed by atoms with E-state index < -0.39 is 0 Å². The van der Waals surface area contributed by atoms with E-state index in [2.05, 4.69) is 26.2 Å². The lowest BCUT2D eigenvalue weighted by Gasteiger charge is -2.06. The third kappa shape index (κ3) is 1.18. The summed E-state index contributed by atoms with van der Waals surface area (Å²) in [5.41, 5.74) is 1.31. The summed E-state index contributed by atoms with van der Waals surface area (Å²) in [6.45, 7) is 0.170. The molecule has 1 aliphatic heterocycles. The fourth-order valence-electron chi connectivity index (χ4n) is 1.08. The second-order valence-corrected chi connectivity index (χ2v) is 3.40. The summed E-state index contributed by atoms with van der Waals surface area (Å²) in [5.74, 6) is 0.0290. The molecule has 0 amide bonds. The van der Waals surface area contributed by atoms with Crippen molar-refractivity contribution in [3.8, 4) is 0 Å². The highest BCUT2D eigenvalue weighted by molar-refractivity contribution is 9.10.